The summed E-state index contributed by atoms with van der Waals surface area (Å²) in [5, 5.41) is 15.9. The Bertz CT molecular complexity index is 592. The smallest absolute Gasteiger partial charge is 0.191 e. The van der Waals surface area contributed by atoms with Crippen molar-refractivity contribution in [3.63, 3.8) is 0 Å². The third-order valence-corrected chi connectivity index (χ3v) is 4.83. The van der Waals surface area contributed by atoms with Crippen LogP contribution in [-0.2, 0) is 4.74 Å². The molecule has 0 aromatic heterocycles. The molecule has 2 atom stereocenters. The predicted molar refractivity (Wildman–Crippen MR) is 105 cm³/mol. The van der Waals surface area contributed by atoms with Crippen LogP contribution in [0.1, 0.15) is 33.1 Å². The van der Waals surface area contributed by atoms with Crippen LogP contribution in [0.15, 0.2) is 29.3 Å². The topological polar surface area (TPSA) is 75.1 Å². The van der Waals surface area contributed by atoms with Gasteiger partial charge in [0, 0.05) is 25.2 Å². The van der Waals surface area contributed by atoms with Crippen LogP contribution >= 0.6 is 0 Å². The molecule has 1 aliphatic rings. The zero-order valence-corrected chi connectivity index (χ0v) is 16.3. The van der Waals surface area contributed by atoms with E-state index in [2.05, 4.69) is 10.6 Å². The van der Waals surface area contributed by atoms with Crippen molar-refractivity contribution in [2.24, 2.45) is 10.4 Å². The van der Waals surface area contributed by atoms with Crippen molar-refractivity contribution in [1.82, 2.24) is 10.6 Å². The van der Waals surface area contributed by atoms with Crippen molar-refractivity contribution in [1.29, 1.82) is 0 Å². The van der Waals surface area contributed by atoms with E-state index in [0.717, 1.165) is 19.4 Å². The van der Waals surface area contributed by atoms with E-state index in [1.807, 2.05) is 13.8 Å². The summed E-state index contributed by atoms with van der Waals surface area (Å²) in [7, 11) is 0. The van der Waals surface area contributed by atoms with Crippen LogP contribution in [0.3, 0.4) is 0 Å². The molecule has 27 heavy (non-hydrogen) atoms. The fourth-order valence-corrected chi connectivity index (χ4v) is 3.08. The van der Waals surface area contributed by atoms with Gasteiger partial charge in [-0.1, -0.05) is 19.1 Å². The van der Waals surface area contributed by atoms with Gasteiger partial charge in [-0.05, 0) is 38.3 Å². The molecule has 0 radical (unpaired) electrons. The van der Waals surface area contributed by atoms with Crippen LogP contribution in [0.25, 0.3) is 0 Å². The normalized spacial score (nSPS) is 21.1. The van der Waals surface area contributed by atoms with Crippen molar-refractivity contribution < 1.29 is 19.0 Å². The molecule has 0 saturated carbocycles. The molecule has 1 aromatic carbocycles. The molecule has 1 fully saturated rings. The van der Waals surface area contributed by atoms with Gasteiger partial charge in [0.2, 0.25) is 0 Å². The van der Waals surface area contributed by atoms with Gasteiger partial charge in [-0.15, -0.1) is 0 Å². The number of aliphatic hydroxyl groups excluding tert-OH is 1. The summed E-state index contributed by atoms with van der Waals surface area (Å²) >= 11 is 0. The average molecular weight is 381 g/mol. The highest BCUT2D eigenvalue weighted by Crippen LogP contribution is 2.32. The summed E-state index contributed by atoms with van der Waals surface area (Å²) in [6.07, 6.45) is 2.16. The second kappa shape index (κ2) is 11.1. The lowest BCUT2D eigenvalue weighted by molar-refractivity contribution is 0.131. The molecule has 2 unspecified atom stereocenters. The van der Waals surface area contributed by atoms with E-state index >= 15 is 0 Å². The highest BCUT2D eigenvalue weighted by atomic mass is 19.1. The van der Waals surface area contributed by atoms with Crippen LogP contribution in [0, 0.1) is 11.2 Å². The summed E-state index contributed by atoms with van der Waals surface area (Å²) in [6.45, 7) is 7.33. The Balaban J connectivity index is 1.94. The summed E-state index contributed by atoms with van der Waals surface area (Å²) in [4.78, 5) is 4.69. The van der Waals surface area contributed by atoms with Crippen LogP contribution in [0.5, 0.6) is 5.75 Å². The maximum Gasteiger partial charge on any atom is 0.191 e. The minimum absolute atomic E-state index is 0.0923. The minimum atomic E-state index is -0.358. The summed E-state index contributed by atoms with van der Waals surface area (Å²) in [6, 6.07) is 6.43. The van der Waals surface area contributed by atoms with Crippen LogP contribution < -0.4 is 15.4 Å². The number of hydrogen-bond acceptors (Lipinski definition) is 4. The Morgan fingerprint density at radius 2 is 2.19 bits per heavy atom. The second-order valence-electron chi connectivity index (χ2n) is 6.93. The molecule has 6 nitrogen and oxygen atoms in total. The number of para-hydroxylation sites is 1. The first-order valence-electron chi connectivity index (χ1n) is 9.74. The number of aliphatic hydroxyl groups is 1. The molecule has 0 amide bonds. The van der Waals surface area contributed by atoms with E-state index in [-0.39, 0.29) is 29.7 Å². The maximum absolute atomic E-state index is 13.8. The molecule has 0 aliphatic carbocycles. The van der Waals surface area contributed by atoms with Crippen molar-refractivity contribution in [3.05, 3.63) is 30.1 Å². The molecule has 1 aliphatic heterocycles. The molecular formula is C20H32FN3O3. The third-order valence-electron chi connectivity index (χ3n) is 4.83. The highest BCUT2D eigenvalue weighted by molar-refractivity contribution is 5.79. The summed E-state index contributed by atoms with van der Waals surface area (Å²) in [5.41, 5.74) is -0.0923. The Morgan fingerprint density at radius 1 is 1.37 bits per heavy atom. The molecule has 1 heterocycles. The molecule has 1 aromatic rings. The monoisotopic (exact) mass is 381 g/mol. The van der Waals surface area contributed by atoms with E-state index in [0.29, 0.717) is 38.7 Å². The van der Waals surface area contributed by atoms with Gasteiger partial charge in [-0.25, -0.2) is 4.39 Å². The minimum Gasteiger partial charge on any atom is -0.486 e. The Hall–Kier alpha value is -1.86. The molecule has 2 rings (SSSR count). The van der Waals surface area contributed by atoms with E-state index in [9.17, 15) is 9.50 Å². The van der Waals surface area contributed by atoms with E-state index in [1.54, 1.807) is 18.2 Å². The number of nitrogens with one attached hydrogen (secondary N) is 2. The van der Waals surface area contributed by atoms with Crippen LogP contribution in [-0.4, -0.2) is 56.6 Å². The SMILES string of the molecule is CCNC(=NCC1(CCO)CCOC1)NCC(CC)Oc1ccccc1F. The zero-order chi connectivity index (χ0) is 19.5. The Labute approximate surface area is 161 Å². The fourth-order valence-electron chi connectivity index (χ4n) is 3.08. The Kier molecular flexibility index (Phi) is 8.81. The first-order chi connectivity index (χ1) is 13.1. The zero-order valence-electron chi connectivity index (χ0n) is 16.3. The van der Waals surface area contributed by atoms with Gasteiger partial charge in [-0.2, -0.15) is 0 Å². The van der Waals surface area contributed by atoms with Gasteiger partial charge in [-0.3, -0.25) is 4.99 Å². The first kappa shape index (κ1) is 21.4. The number of benzene rings is 1. The third kappa shape index (κ3) is 6.66. The molecule has 7 heteroatoms. The van der Waals surface area contributed by atoms with Gasteiger partial charge < -0.3 is 25.2 Å². The highest BCUT2D eigenvalue weighted by Gasteiger charge is 2.34. The molecule has 0 spiro atoms. The first-order valence-corrected chi connectivity index (χ1v) is 9.74. The number of rotatable bonds is 10. The molecule has 1 saturated heterocycles. The van der Waals surface area contributed by atoms with E-state index in [4.69, 9.17) is 14.5 Å². The van der Waals surface area contributed by atoms with Gasteiger partial charge in [0.05, 0.1) is 19.7 Å². The van der Waals surface area contributed by atoms with Gasteiger partial charge in [0.15, 0.2) is 17.5 Å². The number of hydrogen-bond donors (Lipinski definition) is 3. The van der Waals surface area contributed by atoms with Crippen molar-refractivity contribution in [2.45, 2.75) is 39.2 Å². The number of aliphatic imine (C=N–C) groups is 1. The summed E-state index contributed by atoms with van der Waals surface area (Å²) in [5.74, 6) is 0.596. The number of halogens is 1. The standard InChI is InChI=1S/C20H32FN3O3/c1-3-16(27-18-8-6-5-7-17(18)21)13-23-19(22-4-2)24-14-20(9-11-25)10-12-26-15-20/h5-8,16,25H,3-4,9-15H2,1-2H3,(H2,22,23,24). The molecule has 152 valence electrons. The quantitative estimate of drug-likeness (QED) is 0.428. The molecule has 0 bridgehead atoms. The van der Waals surface area contributed by atoms with Crippen molar-refractivity contribution in [2.75, 3.05) is 39.5 Å². The van der Waals surface area contributed by atoms with Crippen molar-refractivity contribution in [3.8, 4) is 5.75 Å². The second-order valence-corrected chi connectivity index (χ2v) is 6.93. The Morgan fingerprint density at radius 3 is 2.81 bits per heavy atom. The average Bonchev–Trinajstić information content (AvgIpc) is 3.13. The predicted octanol–water partition coefficient (Wildman–Crippen LogP) is 2.33. The number of nitrogens with zero attached hydrogens (tertiary/aromatic N) is 1. The maximum atomic E-state index is 13.8. The lowest BCUT2D eigenvalue weighted by Crippen LogP contribution is -2.43. The van der Waals surface area contributed by atoms with Gasteiger partial charge >= 0.3 is 0 Å². The largest absolute Gasteiger partial charge is 0.486 e. The van der Waals surface area contributed by atoms with Gasteiger partial charge in [0.25, 0.3) is 0 Å². The van der Waals surface area contributed by atoms with E-state index in [1.165, 1.54) is 6.07 Å². The van der Waals surface area contributed by atoms with Crippen LogP contribution in [0.4, 0.5) is 4.39 Å². The molecule has 3 N–H and O–H groups in total. The van der Waals surface area contributed by atoms with Gasteiger partial charge in [0.1, 0.15) is 6.10 Å². The lowest BCUT2D eigenvalue weighted by Gasteiger charge is -2.25. The molecular weight excluding hydrogens is 349 g/mol. The van der Waals surface area contributed by atoms with Crippen LogP contribution in [0.2, 0.25) is 0 Å². The number of guanidine groups is 1. The van der Waals surface area contributed by atoms with E-state index < -0.39 is 0 Å². The van der Waals surface area contributed by atoms with Crippen molar-refractivity contribution >= 4 is 5.96 Å². The fraction of sp³-hybridized carbons (Fsp3) is 0.650. The summed E-state index contributed by atoms with van der Waals surface area (Å²) < 4.78 is 25.1. The number of ether oxygens (including phenoxy) is 2. The lowest BCUT2D eigenvalue weighted by atomic mass is 9.84.